The second-order valence-corrected chi connectivity index (χ2v) is 4.31. The van der Waals surface area contributed by atoms with Crippen molar-refractivity contribution in [3.8, 4) is 5.75 Å². The quantitative estimate of drug-likeness (QED) is 0.866. The van der Waals surface area contributed by atoms with Crippen molar-refractivity contribution in [3.05, 3.63) is 52.3 Å². The zero-order valence-electron chi connectivity index (χ0n) is 8.85. The molecule has 0 amide bonds. The molecule has 0 bridgehead atoms. The van der Waals surface area contributed by atoms with Gasteiger partial charge >= 0.3 is 0 Å². The summed E-state index contributed by atoms with van der Waals surface area (Å²) in [6.07, 6.45) is 2.45. The van der Waals surface area contributed by atoms with E-state index in [4.69, 9.17) is 4.74 Å². The van der Waals surface area contributed by atoms with Gasteiger partial charge in [-0.15, -0.1) is 0 Å². The number of benzene rings is 1. The van der Waals surface area contributed by atoms with Crippen molar-refractivity contribution in [3.63, 3.8) is 0 Å². The van der Waals surface area contributed by atoms with Crippen LogP contribution in [0.4, 0.5) is 0 Å². The molecule has 0 spiro atoms. The van der Waals surface area contributed by atoms with Crippen LogP contribution in [0.3, 0.4) is 0 Å². The van der Waals surface area contributed by atoms with Crippen LogP contribution in [0.1, 0.15) is 11.3 Å². The van der Waals surface area contributed by atoms with Crippen molar-refractivity contribution in [1.82, 2.24) is 10.2 Å². The summed E-state index contributed by atoms with van der Waals surface area (Å²) in [6.45, 7) is 0. The van der Waals surface area contributed by atoms with Crippen LogP contribution >= 0.6 is 15.9 Å². The van der Waals surface area contributed by atoms with E-state index < -0.39 is 0 Å². The molecule has 0 radical (unpaired) electrons. The summed E-state index contributed by atoms with van der Waals surface area (Å²) >= 11 is 3.38. The number of hydrogen-bond acceptors (Lipinski definition) is 3. The molecule has 2 rings (SSSR count). The third-order valence-corrected chi connectivity index (χ3v) is 2.65. The van der Waals surface area contributed by atoms with Crippen LogP contribution in [0.5, 0.6) is 5.75 Å². The fourth-order valence-electron chi connectivity index (χ4n) is 1.42. The number of aromatic nitrogens is 2. The van der Waals surface area contributed by atoms with Crippen LogP contribution in [-0.2, 0) is 6.42 Å². The van der Waals surface area contributed by atoms with Gasteiger partial charge in [0.2, 0.25) is 0 Å². The van der Waals surface area contributed by atoms with E-state index in [0.29, 0.717) is 0 Å². The SMILES string of the molecule is COc1ccc(Cc2cc(Br)cnn2)cc1. The lowest BCUT2D eigenvalue weighted by molar-refractivity contribution is 0.414. The molecular weight excluding hydrogens is 268 g/mol. The molecule has 0 saturated heterocycles. The number of hydrogen-bond donors (Lipinski definition) is 0. The third-order valence-electron chi connectivity index (χ3n) is 2.22. The van der Waals surface area contributed by atoms with Gasteiger partial charge in [0.05, 0.1) is 19.0 Å². The van der Waals surface area contributed by atoms with Gasteiger partial charge in [-0.25, -0.2) is 0 Å². The summed E-state index contributed by atoms with van der Waals surface area (Å²) in [6, 6.07) is 9.92. The summed E-state index contributed by atoms with van der Waals surface area (Å²) < 4.78 is 6.05. The molecule has 1 heterocycles. The highest BCUT2D eigenvalue weighted by Gasteiger charge is 2.00. The Hall–Kier alpha value is -1.42. The number of ether oxygens (including phenoxy) is 1. The fourth-order valence-corrected chi connectivity index (χ4v) is 1.78. The molecule has 0 N–H and O–H groups in total. The van der Waals surface area contributed by atoms with Gasteiger partial charge in [0.15, 0.2) is 0 Å². The first-order valence-electron chi connectivity index (χ1n) is 4.88. The smallest absolute Gasteiger partial charge is 0.118 e. The van der Waals surface area contributed by atoms with Crippen molar-refractivity contribution in [2.24, 2.45) is 0 Å². The molecule has 0 aliphatic heterocycles. The van der Waals surface area contributed by atoms with Crippen LogP contribution in [0.25, 0.3) is 0 Å². The molecule has 0 aliphatic rings. The van der Waals surface area contributed by atoms with E-state index in [9.17, 15) is 0 Å². The number of rotatable bonds is 3. The van der Waals surface area contributed by atoms with Crippen molar-refractivity contribution >= 4 is 15.9 Å². The molecule has 2 aromatic rings. The lowest BCUT2D eigenvalue weighted by Crippen LogP contribution is -1.94. The Labute approximate surface area is 103 Å². The Morgan fingerprint density at radius 2 is 2.00 bits per heavy atom. The largest absolute Gasteiger partial charge is 0.497 e. The maximum atomic E-state index is 5.10. The van der Waals surface area contributed by atoms with Crippen molar-refractivity contribution in [2.45, 2.75) is 6.42 Å². The minimum atomic E-state index is 0.774. The molecule has 1 aromatic carbocycles. The molecule has 0 aliphatic carbocycles. The van der Waals surface area contributed by atoms with Gasteiger partial charge in [-0.3, -0.25) is 0 Å². The molecule has 16 heavy (non-hydrogen) atoms. The first kappa shape index (κ1) is 11.1. The average Bonchev–Trinajstić information content (AvgIpc) is 2.30. The second kappa shape index (κ2) is 5.07. The van der Waals surface area contributed by atoms with Gasteiger partial charge < -0.3 is 4.74 Å². The standard InChI is InChI=1S/C12H11BrN2O/c1-16-12-4-2-9(3-5-12)6-11-7-10(13)8-14-15-11/h2-5,7-8H,6H2,1H3. The van der Waals surface area contributed by atoms with E-state index >= 15 is 0 Å². The highest BCUT2D eigenvalue weighted by Crippen LogP contribution is 2.15. The predicted molar refractivity (Wildman–Crippen MR) is 65.5 cm³/mol. The summed E-state index contributed by atoms with van der Waals surface area (Å²) in [5, 5.41) is 7.96. The second-order valence-electron chi connectivity index (χ2n) is 3.39. The summed E-state index contributed by atoms with van der Waals surface area (Å²) in [5.74, 6) is 0.865. The number of methoxy groups -OCH3 is 1. The lowest BCUT2D eigenvalue weighted by Gasteiger charge is -2.03. The number of nitrogens with zero attached hydrogens (tertiary/aromatic N) is 2. The number of halogens is 1. The van der Waals surface area contributed by atoms with E-state index in [0.717, 1.165) is 22.3 Å². The van der Waals surface area contributed by atoms with Crippen LogP contribution in [-0.4, -0.2) is 17.3 Å². The van der Waals surface area contributed by atoms with Crippen molar-refractivity contribution in [1.29, 1.82) is 0 Å². The topological polar surface area (TPSA) is 35.0 Å². The van der Waals surface area contributed by atoms with Gasteiger partial charge in [-0.05, 0) is 39.7 Å². The summed E-state index contributed by atoms with van der Waals surface area (Å²) in [4.78, 5) is 0. The van der Waals surface area contributed by atoms with Gasteiger partial charge in [0.25, 0.3) is 0 Å². The Morgan fingerprint density at radius 1 is 1.25 bits per heavy atom. The van der Waals surface area contributed by atoms with Crippen LogP contribution in [0.2, 0.25) is 0 Å². The lowest BCUT2D eigenvalue weighted by atomic mass is 10.1. The maximum absolute atomic E-state index is 5.10. The predicted octanol–water partition coefficient (Wildman–Crippen LogP) is 2.84. The highest BCUT2D eigenvalue weighted by molar-refractivity contribution is 9.10. The molecule has 0 unspecified atom stereocenters. The summed E-state index contributed by atoms with van der Waals surface area (Å²) in [7, 11) is 1.66. The Morgan fingerprint density at radius 3 is 2.62 bits per heavy atom. The minimum absolute atomic E-state index is 0.774. The zero-order valence-corrected chi connectivity index (χ0v) is 10.4. The molecule has 3 nitrogen and oxygen atoms in total. The molecule has 82 valence electrons. The van der Waals surface area contributed by atoms with Crippen molar-refractivity contribution < 1.29 is 4.74 Å². The maximum Gasteiger partial charge on any atom is 0.118 e. The highest BCUT2D eigenvalue weighted by atomic mass is 79.9. The normalized spacial score (nSPS) is 10.1. The Bertz CT molecular complexity index is 471. The van der Waals surface area contributed by atoms with Gasteiger partial charge in [-0.2, -0.15) is 10.2 Å². The summed E-state index contributed by atoms with van der Waals surface area (Å²) in [5.41, 5.74) is 2.13. The third kappa shape index (κ3) is 2.79. The molecule has 4 heteroatoms. The van der Waals surface area contributed by atoms with E-state index in [1.165, 1.54) is 5.56 Å². The molecule has 0 atom stereocenters. The van der Waals surface area contributed by atoms with E-state index in [1.807, 2.05) is 30.3 Å². The minimum Gasteiger partial charge on any atom is -0.497 e. The van der Waals surface area contributed by atoms with E-state index in [-0.39, 0.29) is 0 Å². The van der Waals surface area contributed by atoms with E-state index in [1.54, 1.807) is 13.3 Å². The molecule has 1 aromatic heterocycles. The van der Waals surface area contributed by atoms with Crippen LogP contribution in [0.15, 0.2) is 41.0 Å². The van der Waals surface area contributed by atoms with E-state index in [2.05, 4.69) is 26.1 Å². The molecule has 0 saturated carbocycles. The Balaban J connectivity index is 2.14. The van der Waals surface area contributed by atoms with Crippen LogP contribution in [0, 0.1) is 0 Å². The molecule has 0 fully saturated rings. The monoisotopic (exact) mass is 278 g/mol. The fraction of sp³-hybridized carbons (Fsp3) is 0.167. The van der Waals surface area contributed by atoms with Crippen molar-refractivity contribution in [2.75, 3.05) is 7.11 Å². The first-order chi connectivity index (χ1) is 7.78. The van der Waals surface area contributed by atoms with Crippen LogP contribution < -0.4 is 4.74 Å². The average molecular weight is 279 g/mol. The Kier molecular flexibility index (Phi) is 3.51. The van der Waals surface area contributed by atoms with Gasteiger partial charge in [0.1, 0.15) is 5.75 Å². The van der Waals surface area contributed by atoms with Gasteiger partial charge in [-0.1, -0.05) is 12.1 Å². The first-order valence-corrected chi connectivity index (χ1v) is 5.67. The van der Waals surface area contributed by atoms with Gasteiger partial charge in [0, 0.05) is 10.9 Å². The molecular formula is C12H11BrN2O. The zero-order chi connectivity index (χ0) is 11.4.